The van der Waals surface area contributed by atoms with E-state index in [-0.39, 0.29) is 18.7 Å². The summed E-state index contributed by atoms with van der Waals surface area (Å²) in [5, 5.41) is 11.6. The Bertz CT molecular complexity index is 1020. The fraction of sp³-hybridized carbons (Fsp3) is 0.174. The first-order valence-corrected chi connectivity index (χ1v) is 9.36. The second-order valence-electron chi connectivity index (χ2n) is 6.74. The summed E-state index contributed by atoms with van der Waals surface area (Å²) in [6, 6.07) is 20.2. The van der Waals surface area contributed by atoms with Crippen molar-refractivity contribution in [2.75, 3.05) is 7.11 Å². The Labute approximate surface area is 174 Å². The standard InChI is InChI=1S/C23H22N2O5/c1-29-19-10-8-18(9-11-19)20-12-7-17(14-22(20)25(27)28)13-21(24)23(26)30-15-16-5-3-2-4-6-16/h2-12,14,21H,13,15,24H2,1H3/t21-/m0/s1. The van der Waals surface area contributed by atoms with Crippen LogP contribution in [0.3, 0.4) is 0 Å². The van der Waals surface area contributed by atoms with E-state index in [4.69, 9.17) is 15.2 Å². The Morgan fingerprint density at radius 2 is 1.73 bits per heavy atom. The summed E-state index contributed by atoms with van der Waals surface area (Å²) < 4.78 is 10.4. The number of nitrogens with two attached hydrogens (primary N) is 1. The number of methoxy groups -OCH3 is 1. The third kappa shape index (κ3) is 5.21. The molecule has 0 aliphatic rings. The van der Waals surface area contributed by atoms with Crippen molar-refractivity contribution in [2.45, 2.75) is 19.1 Å². The maximum atomic E-state index is 12.2. The minimum absolute atomic E-state index is 0.0532. The van der Waals surface area contributed by atoms with Gasteiger partial charge in [0.1, 0.15) is 18.4 Å². The minimum atomic E-state index is -0.917. The van der Waals surface area contributed by atoms with E-state index in [1.807, 2.05) is 30.3 Å². The van der Waals surface area contributed by atoms with Crippen LogP contribution in [0.2, 0.25) is 0 Å². The lowest BCUT2D eigenvalue weighted by Crippen LogP contribution is -2.34. The first kappa shape index (κ1) is 21.0. The number of carbonyl (C=O) groups excluding carboxylic acids is 1. The molecule has 0 unspecified atom stereocenters. The van der Waals surface area contributed by atoms with Crippen molar-refractivity contribution < 1.29 is 19.2 Å². The number of benzene rings is 3. The summed E-state index contributed by atoms with van der Waals surface area (Å²) in [4.78, 5) is 23.4. The Hall–Kier alpha value is -3.71. The molecule has 0 fully saturated rings. The monoisotopic (exact) mass is 406 g/mol. The van der Waals surface area contributed by atoms with Gasteiger partial charge in [0.05, 0.1) is 17.6 Å². The molecule has 30 heavy (non-hydrogen) atoms. The second-order valence-corrected chi connectivity index (χ2v) is 6.74. The van der Waals surface area contributed by atoms with Crippen molar-refractivity contribution >= 4 is 11.7 Å². The van der Waals surface area contributed by atoms with E-state index in [1.54, 1.807) is 43.5 Å². The van der Waals surface area contributed by atoms with E-state index >= 15 is 0 Å². The Balaban J connectivity index is 1.72. The number of hydrogen-bond acceptors (Lipinski definition) is 6. The molecular weight excluding hydrogens is 384 g/mol. The molecule has 0 bridgehead atoms. The van der Waals surface area contributed by atoms with Gasteiger partial charge in [-0.25, -0.2) is 0 Å². The fourth-order valence-electron chi connectivity index (χ4n) is 3.04. The molecule has 0 aliphatic heterocycles. The molecule has 0 saturated carbocycles. The molecule has 3 aromatic rings. The maximum absolute atomic E-state index is 12.2. The van der Waals surface area contributed by atoms with Gasteiger partial charge < -0.3 is 15.2 Å². The van der Waals surface area contributed by atoms with Crippen molar-refractivity contribution in [1.29, 1.82) is 0 Å². The van der Waals surface area contributed by atoms with Crippen molar-refractivity contribution in [1.82, 2.24) is 0 Å². The molecule has 1 atom stereocenters. The van der Waals surface area contributed by atoms with E-state index in [1.165, 1.54) is 6.07 Å². The molecule has 7 nitrogen and oxygen atoms in total. The molecule has 154 valence electrons. The molecule has 0 amide bonds. The highest BCUT2D eigenvalue weighted by Gasteiger charge is 2.20. The smallest absolute Gasteiger partial charge is 0.323 e. The molecule has 0 saturated heterocycles. The Kier molecular flexibility index (Phi) is 6.77. The van der Waals surface area contributed by atoms with Gasteiger partial charge in [-0.15, -0.1) is 0 Å². The van der Waals surface area contributed by atoms with Gasteiger partial charge in [-0.1, -0.05) is 48.5 Å². The van der Waals surface area contributed by atoms with Crippen LogP contribution in [0.1, 0.15) is 11.1 Å². The molecule has 3 rings (SSSR count). The minimum Gasteiger partial charge on any atom is -0.497 e. The average Bonchev–Trinajstić information content (AvgIpc) is 2.78. The van der Waals surface area contributed by atoms with E-state index in [9.17, 15) is 14.9 Å². The van der Waals surface area contributed by atoms with Gasteiger partial charge in [0.15, 0.2) is 0 Å². The van der Waals surface area contributed by atoms with Crippen LogP contribution in [-0.2, 0) is 22.6 Å². The third-order valence-corrected chi connectivity index (χ3v) is 4.64. The predicted molar refractivity (Wildman–Crippen MR) is 113 cm³/mol. The molecule has 7 heteroatoms. The van der Waals surface area contributed by atoms with Crippen LogP contribution in [0.15, 0.2) is 72.8 Å². The number of nitro groups is 1. The highest BCUT2D eigenvalue weighted by atomic mass is 16.6. The van der Waals surface area contributed by atoms with Crippen molar-refractivity contribution in [3.05, 3.63) is 94.0 Å². The van der Waals surface area contributed by atoms with E-state index in [0.717, 1.165) is 5.56 Å². The zero-order chi connectivity index (χ0) is 21.5. The van der Waals surface area contributed by atoms with E-state index in [0.29, 0.717) is 22.4 Å². The van der Waals surface area contributed by atoms with E-state index < -0.39 is 16.9 Å². The number of nitro benzene ring substituents is 1. The normalized spacial score (nSPS) is 11.5. The Morgan fingerprint density at radius 1 is 1.03 bits per heavy atom. The largest absolute Gasteiger partial charge is 0.497 e. The molecule has 0 radical (unpaired) electrons. The molecule has 2 N–H and O–H groups in total. The highest BCUT2D eigenvalue weighted by molar-refractivity contribution is 5.77. The first-order valence-electron chi connectivity index (χ1n) is 9.36. The SMILES string of the molecule is COc1ccc(-c2ccc(C[C@H](N)C(=O)OCc3ccccc3)cc2[N+](=O)[O-])cc1. The third-order valence-electron chi connectivity index (χ3n) is 4.64. The Morgan fingerprint density at radius 3 is 2.37 bits per heavy atom. The summed E-state index contributed by atoms with van der Waals surface area (Å²) in [6.07, 6.45) is 0.136. The summed E-state index contributed by atoms with van der Waals surface area (Å²) in [5.41, 5.74) is 8.53. The van der Waals surface area contributed by atoms with Gasteiger partial charge in [0, 0.05) is 6.07 Å². The summed E-state index contributed by atoms with van der Waals surface area (Å²) >= 11 is 0. The molecule has 0 aromatic heterocycles. The lowest BCUT2D eigenvalue weighted by Gasteiger charge is -2.12. The average molecular weight is 406 g/mol. The number of esters is 1. The highest BCUT2D eigenvalue weighted by Crippen LogP contribution is 2.32. The van der Waals surface area contributed by atoms with E-state index in [2.05, 4.69) is 0 Å². The van der Waals surface area contributed by atoms with Crippen LogP contribution in [0, 0.1) is 10.1 Å². The van der Waals surface area contributed by atoms with Gasteiger partial charge in [-0.05, 0) is 41.3 Å². The quantitative estimate of drug-likeness (QED) is 0.346. The topological polar surface area (TPSA) is 105 Å². The molecule has 3 aromatic carbocycles. The maximum Gasteiger partial charge on any atom is 0.323 e. The number of carbonyl (C=O) groups is 1. The van der Waals surface area contributed by atoms with Crippen LogP contribution in [0.4, 0.5) is 5.69 Å². The van der Waals surface area contributed by atoms with Crippen LogP contribution in [-0.4, -0.2) is 24.0 Å². The van der Waals surface area contributed by atoms with Gasteiger partial charge in [-0.2, -0.15) is 0 Å². The lowest BCUT2D eigenvalue weighted by molar-refractivity contribution is -0.384. The molecule has 0 heterocycles. The number of ether oxygens (including phenoxy) is 2. The van der Waals surface area contributed by atoms with Crippen molar-refractivity contribution in [3.8, 4) is 16.9 Å². The summed E-state index contributed by atoms with van der Waals surface area (Å²) in [6.45, 7) is 0.129. The van der Waals surface area contributed by atoms with Gasteiger partial charge in [-0.3, -0.25) is 14.9 Å². The van der Waals surface area contributed by atoms with Gasteiger partial charge in [0.25, 0.3) is 5.69 Å². The summed E-state index contributed by atoms with van der Waals surface area (Å²) in [7, 11) is 1.56. The first-order chi connectivity index (χ1) is 14.5. The fourth-order valence-corrected chi connectivity index (χ4v) is 3.04. The van der Waals surface area contributed by atoms with Crippen LogP contribution < -0.4 is 10.5 Å². The van der Waals surface area contributed by atoms with Gasteiger partial charge in [0.2, 0.25) is 0 Å². The molecular formula is C23H22N2O5. The zero-order valence-corrected chi connectivity index (χ0v) is 16.5. The van der Waals surface area contributed by atoms with Crippen LogP contribution in [0.5, 0.6) is 5.75 Å². The number of rotatable bonds is 8. The lowest BCUT2D eigenvalue weighted by atomic mass is 9.98. The van der Waals surface area contributed by atoms with Crippen LogP contribution >= 0.6 is 0 Å². The summed E-state index contributed by atoms with van der Waals surface area (Å²) in [5.74, 6) is 0.110. The van der Waals surface area contributed by atoms with Crippen molar-refractivity contribution in [2.24, 2.45) is 5.73 Å². The second kappa shape index (κ2) is 9.67. The van der Waals surface area contributed by atoms with Crippen LogP contribution in [0.25, 0.3) is 11.1 Å². The zero-order valence-electron chi connectivity index (χ0n) is 16.5. The van der Waals surface area contributed by atoms with Gasteiger partial charge >= 0.3 is 5.97 Å². The van der Waals surface area contributed by atoms with Crippen molar-refractivity contribution in [3.63, 3.8) is 0 Å². The molecule has 0 spiro atoms. The predicted octanol–water partition coefficient (Wildman–Crippen LogP) is 3.88. The number of hydrogen-bond donors (Lipinski definition) is 1. The molecule has 0 aliphatic carbocycles. The number of nitrogens with zero attached hydrogens (tertiary/aromatic N) is 1.